The molecule has 194 valence electrons. The molecule has 0 radical (unpaired) electrons. The van der Waals surface area contributed by atoms with Gasteiger partial charge in [-0.15, -0.1) is 0 Å². The van der Waals surface area contributed by atoms with Crippen molar-refractivity contribution in [3.05, 3.63) is 11.6 Å². The van der Waals surface area contributed by atoms with Crippen molar-refractivity contribution in [3.63, 3.8) is 0 Å². The second-order valence-corrected chi connectivity index (χ2v) is 13.5. The third-order valence-electron chi connectivity index (χ3n) is 11.8. The van der Waals surface area contributed by atoms with Gasteiger partial charge in [0.05, 0.1) is 11.2 Å². The second kappa shape index (κ2) is 9.12. The Labute approximate surface area is 206 Å². The molecule has 0 bridgehead atoms. The zero-order chi connectivity index (χ0) is 24.2. The Morgan fingerprint density at radius 2 is 1.65 bits per heavy atom. The van der Waals surface area contributed by atoms with E-state index in [-0.39, 0.29) is 25.7 Å². The first-order valence-electron chi connectivity index (χ1n) is 14.6. The van der Waals surface area contributed by atoms with Gasteiger partial charge in [-0.3, -0.25) is 0 Å². The lowest BCUT2D eigenvalue weighted by atomic mass is 9.51. The van der Waals surface area contributed by atoms with Crippen LogP contribution < -0.4 is 0 Å². The van der Waals surface area contributed by atoms with Crippen molar-refractivity contribution in [1.82, 2.24) is 0 Å². The van der Waals surface area contributed by atoms with E-state index < -0.39 is 17.1 Å². The topological polar surface area (TPSA) is 40.5 Å². The molecule has 0 aromatic heterocycles. The molecule has 2 nitrogen and oxygen atoms in total. The minimum absolute atomic E-state index is 0.149. The zero-order valence-electron chi connectivity index (χ0n) is 21.6. The number of hydrogen-bond donors (Lipinski definition) is 2. The Bertz CT molecular complexity index is 768. The summed E-state index contributed by atoms with van der Waals surface area (Å²) in [7, 11) is 0. The molecule has 0 unspecified atom stereocenters. The van der Waals surface area contributed by atoms with Crippen LogP contribution >= 0.6 is 0 Å². The Hall–Kier alpha value is -0.480. The maximum atomic E-state index is 13.5. The number of allylic oxidation sites excluding steroid dienone is 1. The van der Waals surface area contributed by atoms with Gasteiger partial charge in [0.25, 0.3) is 0 Å². The molecule has 0 aromatic rings. The number of aliphatic hydroxyl groups is 2. The Balaban J connectivity index is 1.15. The summed E-state index contributed by atoms with van der Waals surface area (Å²) in [5.74, 6) is 1.43. The summed E-state index contributed by atoms with van der Waals surface area (Å²) in [6.45, 7) is 4.71. The maximum absolute atomic E-state index is 13.5. The lowest BCUT2D eigenvalue weighted by Crippen LogP contribution is -2.47. The van der Waals surface area contributed by atoms with Crippen molar-refractivity contribution in [1.29, 1.82) is 0 Å². The molecule has 0 saturated heterocycles. The van der Waals surface area contributed by atoms with Crippen LogP contribution in [0.25, 0.3) is 0 Å². The SMILES string of the molecule is CC[C@]1(O)CC[C@H]2C(=CC[C@@H]3[C@@H]2CC[C@]2(C)[C@@H](CCCCC4(O)CCC(F)(F)CC4)CC[C@@H]32)C1. The Kier molecular flexibility index (Phi) is 6.75. The average molecular weight is 479 g/mol. The molecular weight excluding hydrogens is 430 g/mol. The van der Waals surface area contributed by atoms with Gasteiger partial charge in [-0.05, 0) is 118 Å². The maximum Gasteiger partial charge on any atom is 0.248 e. The van der Waals surface area contributed by atoms with Gasteiger partial charge in [0, 0.05) is 12.8 Å². The number of rotatable bonds is 6. The molecule has 0 aliphatic heterocycles. The molecule has 5 aliphatic rings. The summed E-state index contributed by atoms with van der Waals surface area (Å²) in [4.78, 5) is 0. The average Bonchev–Trinajstić information content (AvgIpc) is 3.15. The van der Waals surface area contributed by atoms with Crippen molar-refractivity contribution in [2.75, 3.05) is 0 Å². The zero-order valence-corrected chi connectivity index (χ0v) is 21.6. The van der Waals surface area contributed by atoms with E-state index in [1.54, 1.807) is 5.57 Å². The molecule has 34 heavy (non-hydrogen) atoms. The predicted octanol–water partition coefficient (Wildman–Crippen LogP) is 7.82. The monoisotopic (exact) mass is 478 g/mol. The third-order valence-corrected chi connectivity index (χ3v) is 11.8. The van der Waals surface area contributed by atoms with Gasteiger partial charge in [-0.1, -0.05) is 38.3 Å². The number of halogens is 2. The summed E-state index contributed by atoms with van der Waals surface area (Å²) in [5, 5.41) is 21.6. The highest BCUT2D eigenvalue weighted by molar-refractivity contribution is 5.22. The first-order chi connectivity index (χ1) is 16.1. The van der Waals surface area contributed by atoms with Crippen LogP contribution in [-0.4, -0.2) is 27.3 Å². The highest BCUT2D eigenvalue weighted by atomic mass is 19.3. The summed E-state index contributed by atoms with van der Waals surface area (Å²) in [5.41, 5.74) is 0.726. The number of unbranched alkanes of at least 4 members (excludes halogenated alkanes) is 1. The fraction of sp³-hybridized carbons (Fsp3) is 0.933. The highest BCUT2D eigenvalue weighted by Crippen LogP contribution is 2.64. The first kappa shape index (κ1) is 25.2. The fourth-order valence-electron chi connectivity index (χ4n) is 9.43. The molecule has 0 aromatic carbocycles. The summed E-state index contributed by atoms with van der Waals surface area (Å²) < 4.78 is 27.0. The van der Waals surface area contributed by atoms with Gasteiger partial charge >= 0.3 is 0 Å². The van der Waals surface area contributed by atoms with Crippen LogP contribution in [0.3, 0.4) is 0 Å². The van der Waals surface area contributed by atoms with Crippen LogP contribution in [0.2, 0.25) is 0 Å². The Morgan fingerprint density at radius 3 is 2.38 bits per heavy atom. The van der Waals surface area contributed by atoms with E-state index in [1.807, 2.05) is 0 Å². The normalized spacial score (nSPS) is 45.1. The molecule has 0 spiro atoms. The third kappa shape index (κ3) is 4.64. The van der Waals surface area contributed by atoms with Gasteiger partial charge in [-0.25, -0.2) is 8.78 Å². The lowest BCUT2D eigenvalue weighted by molar-refractivity contribution is -0.107. The number of fused-ring (bicyclic) bond motifs is 5. The van der Waals surface area contributed by atoms with Crippen molar-refractivity contribution in [2.24, 2.45) is 35.0 Å². The fourth-order valence-corrected chi connectivity index (χ4v) is 9.43. The molecule has 0 heterocycles. The van der Waals surface area contributed by atoms with Gasteiger partial charge in [-0.2, -0.15) is 0 Å². The standard InChI is InChI=1S/C30H48F2O2/c1-3-28(33)15-12-23-21(20-28)7-9-25-24(23)11-14-27(2)22(8-10-26(25)27)6-4-5-13-29(34)16-18-30(31,32)19-17-29/h7,22-26,33-34H,3-6,8-20H2,1-2H3/t22-,23-,24+,25+,26-,27+,28-/m0/s1. The van der Waals surface area contributed by atoms with Gasteiger partial charge in [0.15, 0.2) is 0 Å². The Morgan fingerprint density at radius 1 is 0.882 bits per heavy atom. The quantitative estimate of drug-likeness (QED) is 0.302. The summed E-state index contributed by atoms with van der Waals surface area (Å²) in [6, 6.07) is 0. The summed E-state index contributed by atoms with van der Waals surface area (Å²) in [6.07, 6.45) is 17.4. The van der Waals surface area contributed by atoms with Crippen LogP contribution in [0.1, 0.15) is 123 Å². The van der Waals surface area contributed by atoms with Crippen molar-refractivity contribution in [2.45, 2.75) is 140 Å². The second-order valence-electron chi connectivity index (χ2n) is 13.5. The van der Waals surface area contributed by atoms with Crippen LogP contribution in [0.15, 0.2) is 11.6 Å². The molecule has 5 rings (SSSR count). The molecule has 5 aliphatic carbocycles. The molecule has 4 heteroatoms. The van der Waals surface area contributed by atoms with Gasteiger partial charge in [0.1, 0.15) is 0 Å². The van der Waals surface area contributed by atoms with E-state index in [0.29, 0.717) is 11.8 Å². The van der Waals surface area contributed by atoms with E-state index in [9.17, 15) is 19.0 Å². The van der Waals surface area contributed by atoms with Crippen LogP contribution in [0.5, 0.6) is 0 Å². The minimum atomic E-state index is -2.57. The van der Waals surface area contributed by atoms with Gasteiger partial charge < -0.3 is 10.2 Å². The first-order valence-corrected chi connectivity index (χ1v) is 14.6. The van der Waals surface area contributed by atoms with Crippen molar-refractivity contribution < 1.29 is 19.0 Å². The van der Waals surface area contributed by atoms with E-state index in [2.05, 4.69) is 19.9 Å². The van der Waals surface area contributed by atoms with Crippen LogP contribution in [-0.2, 0) is 0 Å². The molecule has 2 N–H and O–H groups in total. The van der Waals surface area contributed by atoms with Crippen molar-refractivity contribution in [3.8, 4) is 0 Å². The van der Waals surface area contributed by atoms with Crippen LogP contribution in [0, 0.1) is 35.0 Å². The van der Waals surface area contributed by atoms with E-state index in [0.717, 1.165) is 61.7 Å². The lowest BCUT2D eigenvalue weighted by Gasteiger charge is -2.54. The van der Waals surface area contributed by atoms with E-state index >= 15 is 0 Å². The number of hydrogen-bond acceptors (Lipinski definition) is 2. The molecular formula is C30H48F2O2. The number of alkyl halides is 2. The van der Waals surface area contributed by atoms with Gasteiger partial charge in [0.2, 0.25) is 5.92 Å². The minimum Gasteiger partial charge on any atom is -0.390 e. The molecule has 7 atom stereocenters. The van der Waals surface area contributed by atoms with E-state index in [4.69, 9.17) is 0 Å². The van der Waals surface area contributed by atoms with Crippen LogP contribution in [0.4, 0.5) is 8.78 Å². The predicted molar refractivity (Wildman–Crippen MR) is 133 cm³/mol. The largest absolute Gasteiger partial charge is 0.390 e. The van der Waals surface area contributed by atoms with Crippen molar-refractivity contribution >= 4 is 0 Å². The smallest absolute Gasteiger partial charge is 0.248 e. The molecule has 0 amide bonds. The van der Waals surface area contributed by atoms with E-state index in [1.165, 1.54) is 44.9 Å². The summed E-state index contributed by atoms with van der Waals surface area (Å²) >= 11 is 0. The molecule has 4 fully saturated rings. The highest BCUT2D eigenvalue weighted by Gasteiger charge is 2.56. The molecule has 4 saturated carbocycles.